The number of fused-ring (bicyclic) bond motifs is 2. The second-order valence-electron chi connectivity index (χ2n) is 23.3. The van der Waals surface area contributed by atoms with Crippen molar-refractivity contribution in [1.29, 1.82) is 0 Å². The number of hydrogen-bond donors (Lipinski definition) is 6. The number of benzene rings is 8. The maximum atomic E-state index is 14.4. The molecule has 2 aliphatic heterocycles. The van der Waals surface area contributed by atoms with Crippen LogP contribution in [0.3, 0.4) is 0 Å². The fourth-order valence-corrected chi connectivity index (χ4v) is 13.0. The molecule has 0 unspecified atom stereocenters. The van der Waals surface area contributed by atoms with Gasteiger partial charge in [0.25, 0.3) is 11.8 Å². The van der Waals surface area contributed by atoms with Crippen LogP contribution in [0.2, 0.25) is 10.0 Å². The van der Waals surface area contributed by atoms with Gasteiger partial charge >= 0.3 is 12.4 Å². The molecule has 2 aliphatic carbocycles. The van der Waals surface area contributed by atoms with Crippen LogP contribution >= 0.6 is 23.2 Å². The predicted octanol–water partition coefficient (Wildman–Crippen LogP) is 16.2. The van der Waals surface area contributed by atoms with Crippen molar-refractivity contribution in [3.63, 3.8) is 0 Å². The molecule has 21 heteroatoms. The number of rotatable bonds is 12. The van der Waals surface area contributed by atoms with Gasteiger partial charge < -0.3 is 31.9 Å². The number of nitrogens with zero attached hydrogens (tertiary/aromatic N) is 2. The number of anilines is 6. The minimum atomic E-state index is -4.73. The first-order valence-corrected chi connectivity index (χ1v) is 31.2. The largest absolute Gasteiger partial charge is 0.416 e. The summed E-state index contributed by atoms with van der Waals surface area (Å²) in [6.07, 6.45) is -0.479. The van der Waals surface area contributed by atoms with Crippen LogP contribution in [0.4, 0.5) is 60.5 Å². The van der Waals surface area contributed by atoms with E-state index in [0.717, 1.165) is 74.0 Å². The standard InChI is InChI=1S/C36H33ClF3N3O3.C31H25ClF3N3O3.C5H8O/c37-31-11-5-4-10-28(31)35(46)43-32-12-6-1-7-23(32)19-29(33(43)22-13-16-26(17-14-22)41-25-8-2-3-9-25)34(45)42-27-18-15-24(21-44)30(20-27)36(38,39)40;32-26-7-3-2-6-23(26)30(41)38-27-8-4-1-5-19(27)15-24(28(38)18-9-12-21(36)13-10-18)29(40)37-22-14-11-20(17-39)25(16-22)31(33,34)35;6-5-3-1-2-4-5/h1,4-7,10-18,20,25,29,33,41,44H,2-3,8-9,19,21H2,(H,42,45);1-14,16,24,28,39H,15,17,36H2,(H,37,40);1-4H2/t29-,33-;24-,28-;/m00./s1. The second kappa shape index (κ2) is 29.3. The Morgan fingerprint density at radius 1 is 0.505 bits per heavy atom. The first kappa shape index (κ1) is 66.9. The van der Waals surface area contributed by atoms with E-state index in [1.165, 1.54) is 29.9 Å². The van der Waals surface area contributed by atoms with Crippen LogP contribution in [0.15, 0.2) is 182 Å². The average molecular weight is 1310 g/mol. The number of nitrogen functional groups attached to an aromatic ring is 1. The van der Waals surface area contributed by atoms with Crippen LogP contribution < -0.4 is 31.5 Å². The van der Waals surface area contributed by atoms with Gasteiger partial charge in [0.05, 0.1) is 69.4 Å². The number of carbonyl (C=O) groups is 5. The summed E-state index contributed by atoms with van der Waals surface area (Å²) in [5.41, 5.74) is 8.99. The Kier molecular flexibility index (Phi) is 21.1. The molecular formula is C72H66Cl2F6N6O7. The number of aliphatic hydroxyl groups excluding tert-OH is 2. The Morgan fingerprint density at radius 3 is 1.28 bits per heavy atom. The molecule has 0 bridgehead atoms. The smallest absolute Gasteiger partial charge is 0.399 e. The Labute approximate surface area is 543 Å². The fraction of sp³-hybridized carbons (Fsp3) is 0.264. The lowest BCUT2D eigenvalue weighted by atomic mass is 9.80. The summed E-state index contributed by atoms with van der Waals surface area (Å²) in [7, 11) is 0. The molecule has 2 fully saturated rings. The van der Waals surface area contributed by atoms with E-state index >= 15 is 0 Å². The summed E-state index contributed by atoms with van der Waals surface area (Å²) in [5, 5.41) is 28.2. The summed E-state index contributed by atoms with van der Waals surface area (Å²) >= 11 is 12.9. The molecule has 0 saturated heterocycles. The highest BCUT2D eigenvalue weighted by Gasteiger charge is 2.45. The number of Topliss-reactive ketones (excluding diaryl/α,β-unsaturated/α-hetero) is 1. The minimum Gasteiger partial charge on any atom is -0.399 e. The van der Waals surface area contributed by atoms with Gasteiger partial charge in [0, 0.05) is 53.0 Å². The molecule has 482 valence electrons. The lowest BCUT2D eigenvalue weighted by Crippen LogP contribution is -2.47. The highest BCUT2D eigenvalue weighted by atomic mass is 35.5. The van der Waals surface area contributed by atoms with Gasteiger partial charge in [0.1, 0.15) is 5.78 Å². The molecule has 4 amide bonds. The number of amides is 4. The molecule has 8 aromatic carbocycles. The van der Waals surface area contributed by atoms with Crippen molar-refractivity contribution in [3.8, 4) is 0 Å². The van der Waals surface area contributed by atoms with E-state index in [9.17, 15) is 60.5 Å². The minimum absolute atomic E-state index is 0.0628. The van der Waals surface area contributed by atoms with Crippen LogP contribution in [0.1, 0.15) is 129 Å². The quantitative estimate of drug-likeness (QED) is 0.0510. The molecule has 0 spiro atoms. The third kappa shape index (κ3) is 15.6. The fourth-order valence-electron chi connectivity index (χ4n) is 12.6. The molecule has 12 rings (SSSR count). The third-order valence-electron chi connectivity index (χ3n) is 17.1. The van der Waals surface area contributed by atoms with Gasteiger partial charge in [-0.1, -0.05) is 133 Å². The predicted molar refractivity (Wildman–Crippen MR) is 348 cm³/mol. The lowest BCUT2D eigenvalue weighted by molar-refractivity contribution is -0.139. The summed E-state index contributed by atoms with van der Waals surface area (Å²) in [6.45, 7) is -1.60. The molecule has 13 nitrogen and oxygen atoms in total. The van der Waals surface area contributed by atoms with Gasteiger partial charge in [-0.15, -0.1) is 0 Å². The Balaban J connectivity index is 0.000000187. The van der Waals surface area contributed by atoms with E-state index in [4.69, 9.17) is 28.9 Å². The highest BCUT2D eigenvalue weighted by molar-refractivity contribution is 6.35. The topological polar surface area (TPSA) is 194 Å². The summed E-state index contributed by atoms with van der Waals surface area (Å²) < 4.78 is 82.2. The van der Waals surface area contributed by atoms with Gasteiger partial charge in [0.15, 0.2) is 0 Å². The van der Waals surface area contributed by atoms with E-state index in [1.54, 1.807) is 102 Å². The molecule has 2 heterocycles. The SMILES string of the molecule is Nc1ccc([C@H]2[C@@H](C(=O)Nc3ccc(CO)c(C(F)(F)F)c3)Cc3ccccc3N2C(=O)c2ccccc2Cl)cc1.O=C(Nc1ccc(CO)c(C(F)(F)F)c1)[C@H]1Cc2ccccc2N(C(=O)c2ccccc2Cl)[C@H]1c1ccc(NC2CCCC2)cc1.O=C1CCCC1. The summed E-state index contributed by atoms with van der Waals surface area (Å²) in [4.78, 5) is 69.8. The molecule has 0 aromatic heterocycles. The summed E-state index contributed by atoms with van der Waals surface area (Å²) in [6, 6.07) is 47.4. The Hall–Kier alpha value is -9.01. The van der Waals surface area contributed by atoms with Crippen LogP contribution in [0.5, 0.6) is 0 Å². The maximum Gasteiger partial charge on any atom is 0.416 e. The van der Waals surface area contributed by atoms with E-state index in [0.29, 0.717) is 45.6 Å². The normalized spacial score (nSPS) is 17.8. The van der Waals surface area contributed by atoms with E-state index < -0.39 is 84.2 Å². The zero-order valence-electron chi connectivity index (χ0n) is 50.1. The average Bonchev–Trinajstić information content (AvgIpc) is 0.882. The maximum absolute atomic E-state index is 14.4. The zero-order chi connectivity index (χ0) is 66.1. The van der Waals surface area contributed by atoms with Crippen LogP contribution in [-0.2, 0) is 52.8 Å². The molecular weight excluding hydrogens is 1250 g/mol. The van der Waals surface area contributed by atoms with Gasteiger partial charge in [-0.2, -0.15) is 26.3 Å². The number of nitrogens with two attached hydrogens (primary N) is 1. The number of hydrogen-bond acceptors (Lipinski definition) is 9. The van der Waals surface area contributed by atoms with Crippen molar-refractivity contribution in [1.82, 2.24) is 0 Å². The van der Waals surface area contributed by atoms with E-state index in [1.807, 2.05) is 48.5 Å². The number of nitrogens with one attached hydrogen (secondary N) is 3. The second-order valence-corrected chi connectivity index (χ2v) is 24.1. The molecule has 93 heavy (non-hydrogen) atoms. The van der Waals surface area contributed by atoms with E-state index in [2.05, 4.69) is 16.0 Å². The third-order valence-corrected chi connectivity index (χ3v) is 17.8. The Morgan fingerprint density at radius 2 is 0.892 bits per heavy atom. The molecule has 4 atom stereocenters. The lowest BCUT2D eigenvalue weighted by Gasteiger charge is -2.42. The number of aliphatic hydroxyl groups is 2. The van der Waals surface area contributed by atoms with Crippen molar-refractivity contribution in [2.75, 3.05) is 31.5 Å². The van der Waals surface area contributed by atoms with Crippen LogP contribution in [0.25, 0.3) is 0 Å². The Bertz CT molecular complexity index is 4030. The van der Waals surface area contributed by atoms with Crippen molar-refractivity contribution in [2.24, 2.45) is 11.8 Å². The van der Waals surface area contributed by atoms with Crippen molar-refractivity contribution in [2.45, 2.75) is 108 Å². The van der Waals surface area contributed by atoms with E-state index in [-0.39, 0.29) is 56.5 Å². The molecule has 7 N–H and O–H groups in total. The highest BCUT2D eigenvalue weighted by Crippen LogP contribution is 2.47. The number of para-hydroxylation sites is 2. The number of alkyl halides is 6. The number of halogens is 8. The number of carbonyl (C=O) groups excluding carboxylic acids is 5. The first-order chi connectivity index (χ1) is 44.6. The van der Waals surface area contributed by atoms with Gasteiger partial charge in [-0.05, 0) is 157 Å². The molecule has 2 saturated carbocycles. The van der Waals surface area contributed by atoms with Crippen molar-refractivity contribution in [3.05, 3.63) is 248 Å². The monoisotopic (exact) mass is 1310 g/mol. The van der Waals surface area contributed by atoms with Crippen molar-refractivity contribution < 1.29 is 60.5 Å². The first-order valence-electron chi connectivity index (χ1n) is 30.4. The summed E-state index contributed by atoms with van der Waals surface area (Å²) in [5.74, 6) is -3.28. The molecule has 8 aromatic rings. The molecule has 0 radical (unpaired) electrons. The number of ketones is 1. The van der Waals surface area contributed by atoms with Gasteiger partial charge in [0.2, 0.25) is 11.8 Å². The van der Waals surface area contributed by atoms with Crippen molar-refractivity contribution >= 4 is 86.7 Å². The van der Waals surface area contributed by atoms with Gasteiger partial charge in [-0.3, -0.25) is 33.8 Å². The van der Waals surface area contributed by atoms with Gasteiger partial charge in [-0.25, -0.2) is 0 Å². The molecule has 4 aliphatic rings. The van der Waals surface area contributed by atoms with Crippen LogP contribution in [-0.4, -0.2) is 45.7 Å². The van der Waals surface area contributed by atoms with Crippen LogP contribution in [0, 0.1) is 11.8 Å². The zero-order valence-corrected chi connectivity index (χ0v) is 51.6.